The molecule has 11 heteroatoms. The zero-order valence-corrected chi connectivity index (χ0v) is 25.1. The van der Waals surface area contributed by atoms with Crippen LogP contribution in [0.25, 0.3) is 6.08 Å². The Balaban J connectivity index is 1.58. The molecule has 3 aromatic rings. The Labute approximate surface area is 250 Å². The molecule has 0 aliphatic carbocycles. The van der Waals surface area contributed by atoms with Gasteiger partial charge in [0.15, 0.2) is 18.1 Å². The van der Waals surface area contributed by atoms with Crippen LogP contribution in [0.4, 0.5) is 16.2 Å². The van der Waals surface area contributed by atoms with Crippen molar-refractivity contribution in [3.05, 3.63) is 85.9 Å². The maximum absolute atomic E-state index is 13.3. The second-order valence-corrected chi connectivity index (χ2v) is 10.6. The van der Waals surface area contributed by atoms with Crippen molar-refractivity contribution >= 4 is 68.7 Å². The first-order valence-corrected chi connectivity index (χ1v) is 13.8. The Hall–Kier alpha value is -4.15. The quantitative estimate of drug-likeness (QED) is 0.227. The van der Waals surface area contributed by atoms with Gasteiger partial charge in [-0.05, 0) is 108 Å². The minimum atomic E-state index is -0.879. The summed E-state index contributed by atoms with van der Waals surface area (Å²) < 4.78 is 11.9. The number of hydrogen-bond donors (Lipinski definition) is 2. The van der Waals surface area contributed by atoms with Gasteiger partial charge in [0.1, 0.15) is 5.57 Å². The summed E-state index contributed by atoms with van der Waals surface area (Å²) in [5.41, 5.74) is 3.97. The van der Waals surface area contributed by atoms with Crippen LogP contribution in [0.2, 0.25) is 5.02 Å². The monoisotopic (exact) mass is 639 g/mol. The summed E-state index contributed by atoms with van der Waals surface area (Å²) in [7, 11) is 0. The van der Waals surface area contributed by atoms with Gasteiger partial charge < -0.3 is 14.8 Å². The average Bonchev–Trinajstić information content (AvgIpc) is 2.90. The van der Waals surface area contributed by atoms with Crippen molar-refractivity contribution in [2.75, 3.05) is 23.4 Å². The number of rotatable bonds is 8. The Morgan fingerprint density at radius 2 is 1.73 bits per heavy atom. The number of ether oxygens (including phenoxy) is 2. The van der Waals surface area contributed by atoms with Gasteiger partial charge in [-0.2, -0.15) is 0 Å². The average molecular weight is 641 g/mol. The lowest BCUT2D eigenvalue weighted by Gasteiger charge is -2.26. The third-order valence-electron chi connectivity index (χ3n) is 6.30. The number of imide groups is 2. The summed E-state index contributed by atoms with van der Waals surface area (Å²) in [6.07, 6.45) is 1.34. The maximum Gasteiger partial charge on any atom is 0.335 e. The van der Waals surface area contributed by atoms with Crippen molar-refractivity contribution in [3.63, 3.8) is 0 Å². The van der Waals surface area contributed by atoms with Crippen LogP contribution in [0.5, 0.6) is 11.5 Å². The molecule has 1 aliphatic heterocycles. The highest BCUT2D eigenvalue weighted by molar-refractivity contribution is 9.10. The van der Waals surface area contributed by atoms with E-state index in [0.717, 1.165) is 21.6 Å². The van der Waals surface area contributed by atoms with Crippen LogP contribution in [0.15, 0.2) is 58.6 Å². The second-order valence-electron chi connectivity index (χ2n) is 9.29. The van der Waals surface area contributed by atoms with Gasteiger partial charge in [-0.1, -0.05) is 23.7 Å². The van der Waals surface area contributed by atoms with Crippen LogP contribution < -0.4 is 25.0 Å². The standard InChI is InChI=1S/C30H27BrClN3O6/c1-5-40-25-13-19(12-23(31)27(25)41-15-26(36)33-20-8-6-16(2)18(4)10-20)11-22-28(37)34-30(39)35(29(22)38)21-9-7-17(3)24(32)14-21/h6-14H,5,15H2,1-4H3,(H,33,36)(H,34,37,39)/b22-11+. The Morgan fingerprint density at radius 3 is 2.41 bits per heavy atom. The molecule has 0 bridgehead atoms. The van der Waals surface area contributed by atoms with Crippen LogP contribution in [-0.2, 0) is 14.4 Å². The van der Waals surface area contributed by atoms with E-state index in [4.69, 9.17) is 21.1 Å². The molecule has 1 fully saturated rings. The first kappa shape index (κ1) is 29.8. The summed E-state index contributed by atoms with van der Waals surface area (Å²) in [4.78, 5) is 51.9. The molecule has 1 saturated heterocycles. The molecule has 212 valence electrons. The highest BCUT2D eigenvalue weighted by Crippen LogP contribution is 2.38. The van der Waals surface area contributed by atoms with Crippen molar-refractivity contribution in [1.82, 2.24) is 5.32 Å². The molecule has 0 unspecified atom stereocenters. The molecule has 1 heterocycles. The molecule has 0 spiro atoms. The summed E-state index contributed by atoms with van der Waals surface area (Å²) in [5.74, 6) is -1.45. The minimum Gasteiger partial charge on any atom is -0.490 e. The number of carbonyl (C=O) groups excluding carboxylic acids is 4. The van der Waals surface area contributed by atoms with Crippen molar-refractivity contribution in [2.24, 2.45) is 0 Å². The number of aryl methyl sites for hydroxylation is 3. The third-order valence-corrected chi connectivity index (χ3v) is 7.29. The van der Waals surface area contributed by atoms with E-state index in [1.165, 1.54) is 12.1 Å². The van der Waals surface area contributed by atoms with Gasteiger partial charge in [-0.3, -0.25) is 19.7 Å². The number of hydrogen-bond acceptors (Lipinski definition) is 6. The number of nitrogens with zero attached hydrogens (tertiary/aromatic N) is 1. The van der Waals surface area contributed by atoms with Crippen LogP contribution >= 0.6 is 27.5 Å². The molecular weight excluding hydrogens is 614 g/mol. The summed E-state index contributed by atoms with van der Waals surface area (Å²) >= 11 is 9.63. The predicted molar refractivity (Wildman–Crippen MR) is 161 cm³/mol. The number of amides is 5. The molecule has 3 aromatic carbocycles. The van der Waals surface area contributed by atoms with Gasteiger partial charge in [0, 0.05) is 10.7 Å². The van der Waals surface area contributed by atoms with Crippen molar-refractivity contribution in [1.29, 1.82) is 0 Å². The van der Waals surface area contributed by atoms with E-state index >= 15 is 0 Å². The first-order chi connectivity index (χ1) is 19.5. The predicted octanol–water partition coefficient (Wildman–Crippen LogP) is 6.11. The molecule has 0 aromatic heterocycles. The SMILES string of the molecule is CCOc1cc(/C=C2\C(=O)NC(=O)N(c3ccc(C)c(Cl)c3)C2=O)cc(Br)c1OCC(=O)Nc1ccc(C)c(C)c1. The van der Waals surface area contributed by atoms with E-state index in [-0.39, 0.29) is 41.9 Å². The lowest BCUT2D eigenvalue weighted by atomic mass is 10.1. The fourth-order valence-electron chi connectivity index (χ4n) is 4.01. The van der Waals surface area contributed by atoms with E-state index in [1.54, 1.807) is 38.1 Å². The number of nitrogens with one attached hydrogen (secondary N) is 2. The van der Waals surface area contributed by atoms with Crippen molar-refractivity contribution in [3.8, 4) is 11.5 Å². The Morgan fingerprint density at radius 1 is 1.00 bits per heavy atom. The number of anilines is 2. The lowest BCUT2D eigenvalue weighted by molar-refractivity contribution is -0.122. The largest absolute Gasteiger partial charge is 0.490 e. The Bertz CT molecular complexity index is 1600. The number of halogens is 2. The van der Waals surface area contributed by atoms with Gasteiger partial charge in [-0.15, -0.1) is 0 Å². The zero-order chi connectivity index (χ0) is 29.8. The third kappa shape index (κ3) is 6.78. The fraction of sp³-hybridized carbons (Fsp3) is 0.200. The molecule has 2 N–H and O–H groups in total. The van der Waals surface area contributed by atoms with Gasteiger partial charge in [-0.25, -0.2) is 9.69 Å². The number of carbonyl (C=O) groups is 4. The van der Waals surface area contributed by atoms with E-state index in [0.29, 0.717) is 20.7 Å². The normalized spacial score (nSPS) is 14.2. The van der Waals surface area contributed by atoms with Crippen LogP contribution in [0, 0.1) is 20.8 Å². The van der Waals surface area contributed by atoms with Crippen molar-refractivity contribution < 1.29 is 28.7 Å². The highest BCUT2D eigenvalue weighted by atomic mass is 79.9. The van der Waals surface area contributed by atoms with Gasteiger partial charge in [0.05, 0.1) is 16.8 Å². The van der Waals surface area contributed by atoms with E-state index < -0.39 is 17.8 Å². The number of barbiturate groups is 1. The summed E-state index contributed by atoms with van der Waals surface area (Å²) in [6.45, 7) is 7.52. The van der Waals surface area contributed by atoms with Gasteiger partial charge >= 0.3 is 6.03 Å². The van der Waals surface area contributed by atoms with Crippen LogP contribution in [-0.4, -0.2) is 37.0 Å². The molecule has 0 radical (unpaired) electrons. The molecule has 1 aliphatic rings. The molecule has 0 saturated carbocycles. The van der Waals surface area contributed by atoms with E-state index in [9.17, 15) is 19.2 Å². The Kier molecular flexibility index (Phi) is 9.14. The first-order valence-electron chi connectivity index (χ1n) is 12.6. The summed E-state index contributed by atoms with van der Waals surface area (Å²) in [5, 5.41) is 5.36. The summed E-state index contributed by atoms with van der Waals surface area (Å²) in [6, 6.07) is 12.6. The smallest absolute Gasteiger partial charge is 0.335 e. The topological polar surface area (TPSA) is 114 Å². The van der Waals surface area contributed by atoms with Gasteiger partial charge in [0.25, 0.3) is 17.7 Å². The molecule has 5 amide bonds. The molecule has 4 rings (SSSR count). The van der Waals surface area contributed by atoms with Crippen LogP contribution in [0.3, 0.4) is 0 Å². The second kappa shape index (κ2) is 12.6. The van der Waals surface area contributed by atoms with Gasteiger partial charge in [0.2, 0.25) is 0 Å². The molecule has 9 nitrogen and oxygen atoms in total. The van der Waals surface area contributed by atoms with E-state index in [1.807, 2.05) is 32.0 Å². The molecule has 41 heavy (non-hydrogen) atoms. The molecular formula is C30H27BrClN3O6. The number of benzene rings is 3. The van der Waals surface area contributed by atoms with Crippen molar-refractivity contribution in [2.45, 2.75) is 27.7 Å². The van der Waals surface area contributed by atoms with Crippen LogP contribution in [0.1, 0.15) is 29.2 Å². The zero-order valence-electron chi connectivity index (χ0n) is 22.8. The van der Waals surface area contributed by atoms with E-state index in [2.05, 4.69) is 26.6 Å². The highest BCUT2D eigenvalue weighted by Gasteiger charge is 2.37. The number of urea groups is 1. The maximum atomic E-state index is 13.3. The molecule has 0 atom stereocenters. The minimum absolute atomic E-state index is 0.223. The lowest BCUT2D eigenvalue weighted by Crippen LogP contribution is -2.54. The fourth-order valence-corrected chi connectivity index (χ4v) is 4.76.